The predicted molar refractivity (Wildman–Crippen MR) is 88.9 cm³/mol. The highest BCUT2D eigenvalue weighted by Crippen LogP contribution is 2.18. The molecule has 2 rings (SSSR count). The van der Waals surface area contributed by atoms with Crippen molar-refractivity contribution in [2.45, 2.75) is 39.7 Å². The van der Waals surface area contributed by atoms with Crippen LogP contribution >= 0.6 is 0 Å². The second kappa shape index (κ2) is 8.85. The molecule has 1 amide bonds. The number of morpholine rings is 1. The van der Waals surface area contributed by atoms with Crippen molar-refractivity contribution in [2.75, 3.05) is 52.5 Å². The number of ether oxygens (including phenoxy) is 1. The van der Waals surface area contributed by atoms with E-state index < -0.39 is 0 Å². The smallest absolute Gasteiger partial charge is 0.234 e. The van der Waals surface area contributed by atoms with E-state index in [1.54, 1.807) is 0 Å². The number of piperidine rings is 1. The molecule has 0 radical (unpaired) electrons. The number of amides is 1. The fourth-order valence-corrected chi connectivity index (χ4v) is 3.15. The van der Waals surface area contributed by atoms with Crippen molar-refractivity contribution in [1.29, 1.82) is 0 Å². The van der Waals surface area contributed by atoms with Crippen LogP contribution in [-0.4, -0.2) is 74.2 Å². The zero-order valence-electron chi connectivity index (χ0n) is 14.5. The number of rotatable bonds is 6. The summed E-state index contributed by atoms with van der Waals surface area (Å²) in [5, 5.41) is 3.10. The molecule has 0 aromatic rings. The third kappa shape index (κ3) is 5.86. The summed E-state index contributed by atoms with van der Waals surface area (Å²) in [6.45, 7) is 14.2. The molecule has 2 saturated heterocycles. The molecule has 2 heterocycles. The summed E-state index contributed by atoms with van der Waals surface area (Å²) in [5.74, 6) is 1.45. The van der Waals surface area contributed by atoms with Crippen molar-refractivity contribution >= 4 is 5.91 Å². The van der Waals surface area contributed by atoms with Crippen molar-refractivity contribution in [3.8, 4) is 0 Å². The summed E-state index contributed by atoms with van der Waals surface area (Å²) < 4.78 is 5.40. The first-order valence-electron chi connectivity index (χ1n) is 8.86. The minimum atomic E-state index is 0.174. The van der Waals surface area contributed by atoms with Crippen molar-refractivity contribution in [3.05, 3.63) is 0 Å². The Hall–Kier alpha value is -0.650. The quantitative estimate of drug-likeness (QED) is 0.800. The van der Waals surface area contributed by atoms with Gasteiger partial charge in [-0.15, -0.1) is 0 Å². The first-order chi connectivity index (χ1) is 10.5. The fourth-order valence-electron chi connectivity index (χ4n) is 3.15. The lowest BCUT2D eigenvalue weighted by Gasteiger charge is -2.36. The van der Waals surface area contributed by atoms with E-state index in [9.17, 15) is 4.79 Å². The number of carbonyl (C=O) groups is 1. The van der Waals surface area contributed by atoms with Gasteiger partial charge in [0.2, 0.25) is 5.91 Å². The third-order valence-electron chi connectivity index (χ3n) is 5.08. The molecule has 1 atom stereocenters. The lowest BCUT2D eigenvalue weighted by atomic mass is 9.96. The van der Waals surface area contributed by atoms with Crippen LogP contribution in [0.3, 0.4) is 0 Å². The molecule has 2 aliphatic rings. The molecule has 128 valence electrons. The Morgan fingerprint density at radius 1 is 1.09 bits per heavy atom. The van der Waals surface area contributed by atoms with Gasteiger partial charge in [-0.05, 0) is 44.7 Å². The first kappa shape index (κ1) is 17.7. The van der Waals surface area contributed by atoms with Gasteiger partial charge in [0.05, 0.1) is 19.8 Å². The van der Waals surface area contributed by atoms with Gasteiger partial charge in [0.25, 0.3) is 0 Å². The largest absolute Gasteiger partial charge is 0.379 e. The van der Waals surface area contributed by atoms with Gasteiger partial charge >= 0.3 is 0 Å². The monoisotopic (exact) mass is 311 g/mol. The molecule has 2 fully saturated rings. The second-order valence-corrected chi connectivity index (χ2v) is 7.23. The summed E-state index contributed by atoms with van der Waals surface area (Å²) in [6, 6.07) is 0.256. The standard InChI is InChI=1S/C17H33N3O2/c1-14(2)15(3)18-17(21)13-19-6-4-16(5-7-19)12-20-8-10-22-11-9-20/h14-16H,4-13H2,1-3H3,(H,18,21). The minimum Gasteiger partial charge on any atom is -0.379 e. The summed E-state index contributed by atoms with van der Waals surface area (Å²) in [4.78, 5) is 16.9. The maximum absolute atomic E-state index is 12.0. The van der Waals surface area contributed by atoms with Gasteiger partial charge in [0.15, 0.2) is 0 Å². The molecule has 5 heteroatoms. The van der Waals surface area contributed by atoms with Crippen LogP contribution in [0.2, 0.25) is 0 Å². The molecule has 0 spiro atoms. The molecule has 0 saturated carbocycles. The van der Waals surface area contributed by atoms with Crippen LogP contribution < -0.4 is 5.32 Å². The highest BCUT2D eigenvalue weighted by Gasteiger charge is 2.23. The average Bonchev–Trinajstić information content (AvgIpc) is 2.50. The Kier molecular flexibility index (Phi) is 7.12. The van der Waals surface area contributed by atoms with Crippen LogP contribution in [-0.2, 0) is 9.53 Å². The lowest BCUT2D eigenvalue weighted by molar-refractivity contribution is -0.123. The number of nitrogens with zero attached hydrogens (tertiary/aromatic N) is 2. The molecule has 0 aromatic heterocycles. The van der Waals surface area contributed by atoms with Crippen LogP contribution in [0, 0.1) is 11.8 Å². The number of likely N-dealkylation sites (tertiary alicyclic amines) is 1. The van der Waals surface area contributed by atoms with Gasteiger partial charge < -0.3 is 10.1 Å². The highest BCUT2D eigenvalue weighted by atomic mass is 16.5. The first-order valence-corrected chi connectivity index (χ1v) is 8.86. The molecule has 2 aliphatic heterocycles. The molecule has 1 unspecified atom stereocenters. The maximum atomic E-state index is 12.0. The number of hydrogen-bond acceptors (Lipinski definition) is 4. The topological polar surface area (TPSA) is 44.8 Å². The van der Waals surface area contributed by atoms with E-state index in [-0.39, 0.29) is 11.9 Å². The van der Waals surface area contributed by atoms with Gasteiger partial charge in [-0.2, -0.15) is 0 Å². The molecular formula is C17H33N3O2. The predicted octanol–water partition coefficient (Wildman–Crippen LogP) is 1.19. The summed E-state index contributed by atoms with van der Waals surface area (Å²) in [7, 11) is 0. The van der Waals surface area contributed by atoms with E-state index in [0.29, 0.717) is 12.5 Å². The van der Waals surface area contributed by atoms with E-state index in [0.717, 1.165) is 45.3 Å². The molecule has 5 nitrogen and oxygen atoms in total. The highest BCUT2D eigenvalue weighted by molar-refractivity contribution is 5.78. The molecule has 22 heavy (non-hydrogen) atoms. The summed E-state index contributed by atoms with van der Waals surface area (Å²) in [5.41, 5.74) is 0. The van der Waals surface area contributed by atoms with Gasteiger partial charge in [-0.1, -0.05) is 13.8 Å². The van der Waals surface area contributed by atoms with Gasteiger partial charge in [0, 0.05) is 25.7 Å². The maximum Gasteiger partial charge on any atom is 0.234 e. The van der Waals surface area contributed by atoms with E-state index in [1.165, 1.54) is 19.4 Å². The van der Waals surface area contributed by atoms with E-state index in [2.05, 4.69) is 35.9 Å². The lowest BCUT2D eigenvalue weighted by Crippen LogP contribution is -2.46. The Balaban J connectivity index is 1.63. The Morgan fingerprint density at radius 3 is 2.32 bits per heavy atom. The number of hydrogen-bond donors (Lipinski definition) is 1. The van der Waals surface area contributed by atoms with Crippen LogP contribution in [0.25, 0.3) is 0 Å². The van der Waals surface area contributed by atoms with Gasteiger partial charge in [-0.25, -0.2) is 0 Å². The van der Waals surface area contributed by atoms with Crippen molar-refractivity contribution < 1.29 is 9.53 Å². The zero-order valence-corrected chi connectivity index (χ0v) is 14.5. The van der Waals surface area contributed by atoms with Crippen LogP contribution in [0.4, 0.5) is 0 Å². The normalized spacial score (nSPS) is 23.6. The molecule has 0 aromatic carbocycles. The van der Waals surface area contributed by atoms with Crippen molar-refractivity contribution in [3.63, 3.8) is 0 Å². The molecule has 0 bridgehead atoms. The van der Waals surface area contributed by atoms with Crippen LogP contribution in [0.15, 0.2) is 0 Å². The Labute approximate surface area is 135 Å². The summed E-state index contributed by atoms with van der Waals surface area (Å²) in [6.07, 6.45) is 2.43. The van der Waals surface area contributed by atoms with Gasteiger partial charge in [0.1, 0.15) is 0 Å². The number of nitrogens with one attached hydrogen (secondary N) is 1. The fraction of sp³-hybridized carbons (Fsp3) is 0.941. The van der Waals surface area contributed by atoms with E-state index >= 15 is 0 Å². The van der Waals surface area contributed by atoms with Crippen LogP contribution in [0.1, 0.15) is 33.6 Å². The molecule has 0 aliphatic carbocycles. The van der Waals surface area contributed by atoms with Crippen molar-refractivity contribution in [1.82, 2.24) is 15.1 Å². The third-order valence-corrected chi connectivity index (χ3v) is 5.08. The molecular weight excluding hydrogens is 278 g/mol. The second-order valence-electron chi connectivity index (χ2n) is 7.23. The Morgan fingerprint density at radius 2 is 1.73 bits per heavy atom. The Bertz CT molecular complexity index is 335. The van der Waals surface area contributed by atoms with Crippen molar-refractivity contribution in [2.24, 2.45) is 11.8 Å². The SMILES string of the molecule is CC(C)C(C)NC(=O)CN1CCC(CN2CCOCC2)CC1. The minimum absolute atomic E-state index is 0.174. The zero-order chi connectivity index (χ0) is 15.9. The summed E-state index contributed by atoms with van der Waals surface area (Å²) >= 11 is 0. The van der Waals surface area contributed by atoms with E-state index in [4.69, 9.17) is 4.74 Å². The molecule has 1 N–H and O–H groups in total. The average molecular weight is 311 g/mol. The van der Waals surface area contributed by atoms with Crippen LogP contribution in [0.5, 0.6) is 0 Å². The van der Waals surface area contributed by atoms with E-state index in [1.807, 2.05) is 0 Å². The number of carbonyl (C=O) groups excluding carboxylic acids is 1. The van der Waals surface area contributed by atoms with Gasteiger partial charge in [-0.3, -0.25) is 14.6 Å².